The Labute approximate surface area is 97.8 Å². The monoisotopic (exact) mass is 241 g/mol. The summed E-state index contributed by atoms with van der Waals surface area (Å²) in [5, 5.41) is 4.66. The number of nitrogens with two attached hydrogens (primary N) is 2. The van der Waals surface area contributed by atoms with Crippen LogP contribution >= 0.6 is 11.3 Å². The van der Waals surface area contributed by atoms with Gasteiger partial charge in [-0.25, -0.2) is 0 Å². The quantitative estimate of drug-likeness (QED) is 0.683. The van der Waals surface area contributed by atoms with Crippen molar-refractivity contribution in [3.63, 3.8) is 0 Å². The van der Waals surface area contributed by atoms with Crippen LogP contribution in [0.25, 0.3) is 0 Å². The van der Waals surface area contributed by atoms with Gasteiger partial charge in [-0.05, 0) is 18.4 Å². The van der Waals surface area contributed by atoms with E-state index in [9.17, 15) is 9.59 Å². The summed E-state index contributed by atoms with van der Waals surface area (Å²) in [6.07, 6.45) is -0.136. The minimum absolute atomic E-state index is 0.105. The zero-order valence-electron chi connectivity index (χ0n) is 8.97. The molecule has 88 valence electrons. The topological polar surface area (TPSA) is 98.2 Å². The van der Waals surface area contributed by atoms with Crippen molar-refractivity contribution in [2.24, 2.45) is 11.5 Å². The van der Waals surface area contributed by atoms with Gasteiger partial charge in [0.25, 0.3) is 0 Å². The zero-order valence-corrected chi connectivity index (χ0v) is 9.79. The van der Waals surface area contributed by atoms with Gasteiger partial charge in [-0.15, -0.1) is 11.3 Å². The molecule has 0 saturated carbocycles. The molecule has 1 aromatic rings. The van der Waals surface area contributed by atoms with Gasteiger partial charge < -0.3 is 16.8 Å². The van der Waals surface area contributed by atoms with Crippen molar-refractivity contribution in [3.05, 3.63) is 22.4 Å². The van der Waals surface area contributed by atoms with Gasteiger partial charge in [0.15, 0.2) is 0 Å². The normalized spacial score (nSPS) is 14.1. The first-order valence-corrected chi connectivity index (χ1v) is 5.76. The van der Waals surface area contributed by atoms with Gasteiger partial charge in [-0.3, -0.25) is 9.59 Å². The number of rotatable bonds is 5. The standard InChI is InChI=1S/C10H15N3O2S/c1-6(8-3-2-4-16-8)13-10(15)7(11)5-9(12)14/h2-4,6-7H,5,11H2,1H3,(H2,12,14)(H,13,15)/t6-,7?/m0/s1. The van der Waals surface area contributed by atoms with Crippen molar-refractivity contribution in [3.8, 4) is 0 Å². The van der Waals surface area contributed by atoms with E-state index in [1.54, 1.807) is 11.3 Å². The maximum Gasteiger partial charge on any atom is 0.237 e. The Kier molecular flexibility index (Phi) is 4.45. The summed E-state index contributed by atoms with van der Waals surface area (Å²) >= 11 is 1.55. The van der Waals surface area contributed by atoms with E-state index in [0.29, 0.717) is 0 Å². The fourth-order valence-corrected chi connectivity index (χ4v) is 1.97. The predicted octanol–water partition coefficient (Wildman–Crippen LogP) is 0.128. The lowest BCUT2D eigenvalue weighted by atomic mass is 10.2. The first kappa shape index (κ1) is 12.7. The Morgan fingerprint density at radius 1 is 1.56 bits per heavy atom. The molecular weight excluding hydrogens is 226 g/mol. The summed E-state index contributed by atoms with van der Waals surface area (Å²) in [6, 6.07) is 2.85. The van der Waals surface area contributed by atoms with Crippen LogP contribution < -0.4 is 16.8 Å². The lowest BCUT2D eigenvalue weighted by Crippen LogP contribution is -2.43. The highest BCUT2D eigenvalue weighted by Crippen LogP contribution is 2.17. The molecule has 0 fully saturated rings. The molecule has 0 saturated heterocycles. The number of nitrogens with one attached hydrogen (secondary N) is 1. The number of carbonyl (C=O) groups is 2. The molecule has 0 radical (unpaired) electrons. The Morgan fingerprint density at radius 3 is 2.75 bits per heavy atom. The van der Waals surface area contributed by atoms with E-state index < -0.39 is 11.9 Å². The molecule has 5 N–H and O–H groups in total. The van der Waals surface area contributed by atoms with Crippen molar-refractivity contribution >= 4 is 23.2 Å². The Bertz CT molecular complexity index is 364. The van der Waals surface area contributed by atoms with Gasteiger partial charge in [-0.1, -0.05) is 6.07 Å². The van der Waals surface area contributed by atoms with E-state index in [2.05, 4.69) is 5.32 Å². The molecule has 0 aromatic carbocycles. The number of carbonyl (C=O) groups excluding carboxylic acids is 2. The fraction of sp³-hybridized carbons (Fsp3) is 0.400. The molecule has 2 atom stereocenters. The van der Waals surface area contributed by atoms with Crippen molar-refractivity contribution in [1.29, 1.82) is 0 Å². The van der Waals surface area contributed by atoms with Crippen molar-refractivity contribution in [2.75, 3.05) is 0 Å². The van der Waals surface area contributed by atoms with E-state index in [1.807, 2.05) is 24.4 Å². The van der Waals surface area contributed by atoms with Crippen LogP contribution in [-0.2, 0) is 9.59 Å². The van der Waals surface area contributed by atoms with Gasteiger partial charge in [0, 0.05) is 4.88 Å². The van der Waals surface area contributed by atoms with E-state index in [4.69, 9.17) is 11.5 Å². The number of amides is 2. The SMILES string of the molecule is C[C@H](NC(=O)C(N)CC(N)=O)c1cccs1. The van der Waals surface area contributed by atoms with E-state index >= 15 is 0 Å². The van der Waals surface area contributed by atoms with E-state index in [0.717, 1.165) is 4.88 Å². The van der Waals surface area contributed by atoms with Crippen LogP contribution in [0.2, 0.25) is 0 Å². The number of hydrogen-bond acceptors (Lipinski definition) is 4. The molecule has 16 heavy (non-hydrogen) atoms. The molecule has 5 nitrogen and oxygen atoms in total. The summed E-state index contributed by atoms with van der Waals surface area (Å²) in [7, 11) is 0. The van der Waals surface area contributed by atoms with Gasteiger partial charge in [0.05, 0.1) is 18.5 Å². The minimum Gasteiger partial charge on any atom is -0.370 e. The van der Waals surface area contributed by atoms with Crippen LogP contribution in [0.1, 0.15) is 24.3 Å². The Balaban J connectivity index is 2.48. The zero-order chi connectivity index (χ0) is 12.1. The molecule has 2 amide bonds. The van der Waals surface area contributed by atoms with Crippen LogP contribution in [0.3, 0.4) is 0 Å². The third-order valence-corrected chi connectivity index (χ3v) is 3.14. The molecular formula is C10H15N3O2S. The summed E-state index contributed by atoms with van der Waals surface area (Å²) in [5.41, 5.74) is 10.5. The lowest BCUT2D eigenvalue weighted by Gasteiger charge is -2.15. The number of hydrogen-bond donors (Lipinski definition) is 3. The van der Waals surface area contributed by atoms with E-state index in [1.165, 1.54) is 0 Å². The minimum atomic E-state index is -0.875. The molecule has 1 heterocycles. The number of thiophene rings is 1. The van der Waals surface area contributed by atoms with Crippen molar-refractivity contribution in [2.45, 2.75) is 25.4 Å². The second kappa shape index (κ2) is 5.62. The first-order valence-electron chi connectivity index (χ1n) is 4.88. The molecule has 0 aliphatic carbocycles. The fourth-order valence-electron chi connectivity index (χ4n) is 1.24. The summed E-state index contributed by atoms with van der Waals surface area (Å²) < 4.78 is 0. The molecule has 1 rings (SSSR count). The molecule has 6 heteroatoms. The maximum atomic E-state index is 11.5. The average Bonchev–Trinajstić information content (AvgIpc) is 2.68. The van der Waals surface area contributed by atoms with E-state index in [-0.39, 0.29) is 18.4 Å². The van der Waals surface area contributed by atoms with Crippen LogP contribution in [-0.4, -0.2) is 17.9 Å². The largest absolute Gasteiger partial charge is 0.370 e. The van der Waals surface area contributed by atoms with Crippen LogP contribution in [0.5, 0.6) is 0 Å². The highest BCUT2D eigenvalue weighted by Gasteiger charge is 2.18. The Morgan fingerprint density at radius 2 is 2.25 bits per heavy atom. The first-order chi connectivity index (χ1) is 7.50. The van der Waals surface area contributed by atoms with Gasteiger partial charge in [0.1, 0.15) is 0 Å². The Hall–Kier alpha value is -1.40. The van der Waals surface area contributed by atoms with Gasteiger partial charge >= 0.3 is 0 Å². The highest BCUT2D eigenvalue weighted by atomic mass is 32.1. The third-order valence-electron chi connectivity index (χ3n) is 2.09. The molecule has 0 spiro atoms. The van der Waals surface area contributed by atoms with Crippen LogP contribution in [0, 0.1) is 0 Å². The molecule has 0 bridgehead atoms. The lowest BCUT2D eigenvalue weighted by molar-refractivity contribution is -0.126. The van der Waals surface area contributed by atoms with Crippen LogP contribution in [0.4, 0.5) is 0 Å². The second-order valence-corrected chi connectivity index (χ2v) is 4.50. The second-order valence-electron chi connectivity index (χ2n) is 3.52. The average molecular weight is 241 g/mol. The van der Waals surface area contributed by atoms with Crippen LogP contribution in [0.15, 0.2) is 17.5 Å². The smallest absolute Gasteiger partial charge is 0.237 e. The van der Waals surface area contributed by atoms with Gasteiger partial charge in [0.2, 0.25) is 11.8 Å². The molecule has 0 aliphatic rings. The van der Waals surface area contributed by atoms with Gasteiger partial charge in [-0.2, -0.15) is 0 Å². The highest BCUT2D eigenvalue weighted by molar-refractivity contribution is 7.10. The predicted molar refractivity (Wildman–Crippen MR) is 62.7 cm³/mol. The van der Waals surface area contributed by atoms with Crippen molar-refractivity contribution < 1.29 is 9.59 Å². The third kappa shape index (κ3) is 3.63. The summed E-state index contributed by atoms with van der Waals surface area (Å²) in [4.78, 5) is 23.2. The number of primary amides is 1. The van der Waals surface area contributed by atoms with Crippen molar-refractivity contribution in [1.82, 2.24) is 5.32 Å². The summed E-state index contributed by atoms with van der Waals surface area (Å²) in [5.74, 6) is -0.939. The maximum absolute atomic E-state index is 11.5. The molecule has 0 aliphatic heterocycles. The molecule has 1 aromatic heterocycles. The molecule has 1 unspecified atom stereocenters. The summed E-state index contributed by atoms with van der Waals surface area (Å²) in [6.45, 7) is 1.86.